The van der Waals surface area contributed by atoms with E-state index in [-0.39, 0.29) is 0 Å². The Labute approximate surface area is 130 Å². The molecule has 1 unspecified atom stereocenters. The van der Waals surface area contributed by atoms with Gasteiger partial charge in [-0.25, -0.2) is 0 Å². The van der Waals surface area contributed by atoms with Crippen LogP contribution in [0.5, 0.6) is 11.5 Å². The molecule has 0 aliphatic carbocycles. The molecule has 2 nitrogen and oxygen atoms in total. The lowest BCUT2D eigenvalue weighted by molar-refractivity contribution is 0.302. The van der Waals surface area contributed by atoms with E-state index in [9.17, 15) is 0 Å². The number of unbranched alkanes of at least 4 members (excludes halogenated alkanes) is 1. The van der Waals surface area contributed by atoms with E-state index in [4.69, 9.17) is 9.47 Å². The monoisotopic (exact) mass is 300 g/mol. The van der Waals surface area contributed by atoms with Crippen molar-refractivity contribution in [2.75, 3.05) is 13.2 Å². The highest BCUT2D eigenvalue weighted by Crippen LogP contribution is 2.44. The molecule has 1 aliphatic heterocycles. The van der Waals surface area contributed by atoms with Gasteiger partial charge in [0.1, 0.15) is 18.1 Å². The Balaban J connectivity index is 1.65. The molecule has 0 saturated heterocycles. The lowest BCUT2D eigenvalue weighted by Gasteiger charge is -2.25. The lowest BCUT2D eigenvalue weighted by atomic mass is 10.1. The first-order valence-corrected chi connectivity index (χ1v) is 8.36. The molecular formula is C18H20O2S. The third kappa shape index (κ3) is 3.53. The number of hydrogen-bond donors (Lipinski definition) is 0. The van der Waals surface area contributed by atoms with Crippen molar-refractivity contribution in [1.29, 1.82) is 0 Å². The summed E-state index contributed by atoms with van der Waals surface area (Å²) < 4.78 is 11.6. The van der Waals surface area contributed by atoms with E-state index in [2.05, 4.69) is 43.3 Å². The summed E-state index contributed by atoms with van der Waals surface area (Å²) in [5.41, 5.74) is 1.29. The fraction of sp³-hybridized carbons (Fsp3) is 0.333. The van der Waals surface area contributed by atoms with Gasteiger partial charge in [0.25, 0.3) is 0 Å². The first-order valence-electron chi connectivity index (χ1n) is 7.48. The first-order chi connectivity index (χ1) is 10.4. The highest BCUT2D eigenvalue weighted by atomic mass is 32.2. The topological polar surface area (TPSA) is 18.5 Å². The fourth-order valence-electron chi connectivity index (χ4n) is 2.30. The Hall–Kier alpha value is -1.61. The molecule has 3 rings (SSSR count). The van der Waals surface area contributed by atoms with Gasteiger partial charge in [0.15, 0.2) is 0 Å². The Morgan fingerprint density at radius 2 is 1.95 bits per heavy atom. The SMILES string of the molecule is CCCCOc1ccc(C2COc3ccccc3S2)cc1. The molecule has 0 N–H and O–H groups in total. The van der Waals surface area contributed by atoms with E-state index >= 15 is 0 Å². The molecule has 110 valence electrons. The van der Waals surface area contributed by atoms with Crippen LogP contribution >= 0.6 is 11.8 Å². The van der Waals surface area contributed by atoms with Gasteiger partial charge in [-0.2, -0.15) is 0 Å². The van der Waals surface area contributed by atoms with Crippen molar-refractivity contribution < 1.29 is 9.47 Å². The second-order valence-electron chi connectivity index (χ2n) is 5.14. The summed E-state index contributed by atoms with van der Waals surface area (Å²) >= 11 is 1.87. The van der Waals surface area contributed by atoms with Crippen LogP contribution in [0.25, 0.3) is 0 Å². The average molecular weight is 300 g/mol. The third-order valence-electron chi connectivity index (χ3n) is 3.53. The van der Waals surface area contributed by atoms with E-state index in [0.717, 1.165) is 37.6 Å². The van der Waals surface area contributed by atoms with E-state index in [1.807, 2.05) is 23.9 Å². The molecule has 0 bridgehead atoms. The zero-order valence-corrected chi connectivity index (χ0v) is 13.1. The van der Waals surface area contributed by atoms with Crippen LogP contribution in [0.1, 0.15) is 30.6 Å². The highest BCUT2D eigenvalue weighted by molar-refractivity contribution is 7.99. The average Bonchev–Trinajstić information content (AvgIpc) is 2.55. The van der Waals surface area contributed by atoms with Crippen LogP contribution in [-0.4, -0.2) is 13.2 Å². The van der Waals surface area contributed by atoms with Crippen LogP contribution in [-0.2, 0) is 0 Å². The maximum absolute atomic E-state index is 5.85. The zero-order valence-electron chi connectivity index (χ0n) is 12.2. The number of rotatable bonds is 5. The van der Waals surface area contributed by atoms with E-state index in [1.54, 1.807) is 0 Å². The molecule has 0 amide bonds. The Morgan fingerprint density at radius 3 is 2.76 bits per heavy atom. The van der Waals surface area contributed by atoms with Crippen LogP contribution < -0.4 is 9.47 Å². The molecule has 1 atom stereocenters. The van der Waals surface area contributed by atoms with Crippen molar-refractivity contribution in [2.45, 2.75) is 29.9 Å². The van der Waals surface area contributed by atoms with Crippen molar-refractivity contribution >= 4 is 11.8 Å². The Morgan fingerprint density at radius 1 is 1.14 bits per heavy atom. The number of fused-ring (bicyclic) bond motifs is 1. The minimum absolute atomic E-state index is 0.351. The smallest absolute Gasteiger partial charge is 0.132 e. The van der Waals surface area contributed by atoms with Crippen LogP contribution in [0.15, 0.2) is 53.4 Å². The van der Waals surface area contributed by atoms with Crippen molar-refractivity contribution in [3.8, 4) is 11.5 Å². The normalized spacial score (nSPS) is 16.9. The van der Waals surface area contributed by atoms with Crippen LogP contribution in [0, 0.1) is 0 Å². The summed E-state index contributed by atoms with van der Waals surface area (Å²) in [7, 11) is 0. The van der Waals surface area contributed by atoms with Gasteiger partial charge in [-0.15, -0.1) is 11.8 Å². The number of ether oxygens (including phenoxy) is 2. The molecule has 0 fully saturated rings. The molecular weight excluding hydrogens is 280 g/mol. The predicted molar refractivity (Wildman–Crippen MR) is 87.4 cm³/mol. The van der Waals surface area contributed by atoms with Crippen LogP contribution in [0.2, 0.25) is 0 Å². The van der Waals surface area contributed by atoms with Gasteiger partial charge in [0.2, 0.25) is 0 Å². The van der Waals surface area contributed by atoms with Gasteiger partial charge in [0.05, 0.1) is 16.8 Å². The molecule has 1 aliphatic rings. The molecule has 1 heterocycles. The summed E-state index contributed by atoms with van der Waals surface area (Å²) in [5.74, 6) is 1.95. The van der Waals surface area contributed by atoms with Gasteiger partial charge in [-0.1, -0.05) is 37.6 Å². The number of hydrogen-bond acceptors (Lipinski definition) is 3. The Kier molecular flexibility index (Phi) is 4.71. The quantitative estimate of drug-likeness (QED) is 0.716. The molecule has 3 heteroatoms. The molecule has 21 heavy (non-hydrogen) atoms. The number of para-hydroxylation sites is 1. The largest absolute Gasteiger partial charge is 0.494 e. The maximum atomic E-state index is 5.85. The molecule has 0 saturated carbocycles. The first kappa shape index (κ1) is 14.3. The maximum Gasteiger partial charge on any atom is 0.132 e. The summed E-state index contributed by atoms with van der Waals surface area (Å²) in [6.45, 7) is 3.69. The molecule has 0 spiro atoms. The second kappa shape index (κ2) is 6.90. The van der Waals surface area contributed by atoms with E-state index < -0.39 is 0 Å². The second-order valence-corrected chi connectivity index (χ2v) is 6.38. The van der Waals surface area contributed by atoms with Gasteiger partial charge < -0.3 is 9.47 Å². The number of thioether (sulfide) groups is 1. The van der Waals surface area contributed by atoms with Crippen molar-refractivity contribution in [2.24, 2.45) is 0 Å². The van der Waals surface area contributed by atoms with Crippen molar-refractivity contribution in [3.63, 3.8) is 0 Å². The van der Waals surface area contributed by atoms with E-state index in [0.29, 0.717) is 5.25 Å². The van der Waals surface area contributed by atoms with Gasteiger partial charge in [0, 0.05) is 0 Å². The standard InChI is InChI=1S/C18H20O2S/c1-2-3-12-19-15-10-8-14(9-11-15)18-13-20-16-6-4-5-7-17(16)21-18/h4-11,18H,2-3,12-13H2,1H3. The Bertz CT molecular complexity index is 580. The van der Waals surface area contributed by atoms with Crippen LogP contribution in [0.4, 0.5) is 0 Å². The molecule has 2 aromatic rings. The van der Waals surface area contributed by atoms with Gasteiger partial charge in [-0.3, -0.25) is 0 Å². The zero-order chi connectivity index (χ0) is 14.5. The lowest BCUT2D eigenvalue weighted by Crippen LogP contribution is -2.12. The summed E-state index contributed by atoms with van der Waals surface area (Å²) in [5, 5.41) is 0.351. The highest BCUT2D eigenvalue weighted by Gasteiger charge is 2.21. The van der Waals surface area contributed by atoms with Gasteiger partial charge >= 0.3 is 0 Å². The van der Waals surface area contributed by atoms with Crippen LogP contribution in [0.3, 0.4) is 0 Å². The third-order valence-corrected chi connectivity index (χ3v) is 4.81. The van der Waals surface area contributed by atoms with Gasteiger partial charge in [-0.05, 0) is 36.2 Å². The molecule has 0 aromatic heterocycles. The minimum Gasteiger partial charge on any atom is -0.494 e. The predicted octanol–water partition coefficient (Wildman–Crippen LogP) is 5.09. The fourth-order valence-corrected chi connectivity index (χ4v) is 3.43. The van der Waals surface area contributed by atoms with Crippen molar-refractivity contribution in [3.05, 3.63) is 54.1 Å². The summed E-state index contributed by atoms with van der Waals surface area (Å²) in [6.07, 6.45) is 2.26. The molecule has 0 radical (unpaired) electrons. The minimum atomic E-state index is 0.351. The molecule has 2 aromatic carbocycles. The van der Waals surface area contributed by atoms with E-state index in [1.165, 1.54) is 10.5 Å². The summed E-state index contributed by atoms with van der Waals surface area (Å²) in [6, 6.07) is 16.6. The summed E-state index contributed by atoms with van der Waals surface area (Å²) in [4.78, 5) is 1.22. The number of benzene rings is 2. The van der Waals surface area contributed by atoms with Crippen molar-refractivity contribution in [1.82, 2.24) is 0 Å².